The predicted octanol–water partition coefficient (Wildman–Crippen LogP) is 0.255. The Morgan fingerprint density at radius 2 is 2.55 bits per heavy atom. The molecule has 4 heteroatoms. The fraction of sp³-hybridized carbons (Fsp3) is 0.714. The fourth-order valence-electron chi connectivity index (χ4n) is 0.904. The van der Waals surface area contributed by atoms with Crippen LogP contribution in [-0.2, 0) is 19.1 Å². The number of esters is 1. The van der Waals surface area contributed by atoms with Gasteiger partial charge in [-0.2, -0.15) is 0 Å². The first-order valence-corrected chi connectivity index (χ1v) is 3.57. The lowest BCUT2D eigenvalue weighted by Crippen LogP contribution is -2.16. The maximum absolute atomic E-state index is 10.7. The first-order chi connectivity index (χ1) is 5.33. The lowest BCUT2D eigenvalue weighted by molar-refractivity contribution is -0.169. The molecule has 1 saturated heterocycles. The van der Waals surface area contributed by atoms with Crippen LogP contribution in [0.4, 0.5) is 0 Å². The van der Waals surface area contributed by atoms with Gasteiger partial charge in [-0.15, -0.1) is 0 Å². The summed E-state index contributed by atoms with van der Waals surface area (Å²) >= 11 is 0. The quantitative estimate of drug-likeness (QED) is 0.336. The van der Waals surface area contributed by atoms with Crippen LogP contribution >= 0.6 is 0 Å². The van der Waals surface area contributed by atoms with Gasteiger partial charge in [-0.05, 0) is 6.42 Å². The van der Waals surface area contributed by atoms with Crippen molar-refractivity contribution < 1.29 is 19.1 Å². The molecule has 1 heterocycles. The highest BCUT2D eigenvalue weighted by Crippen LogP contribution is 2.13. The average molecular weight is 158 g/mol. The second-order valence-electron chi connectivity index (χ2n) is 2.30. The van der Waals surface area contributed by atoms with Crippen molar-refractivity contribution >= 4 is 12.3 Å². The highest BCUT2D eigenvalue weighted by Gasteiger charge is 2.18. The molecule has 0 saturated carbocycles. The van der Waals surface area contributed by atoms with Crippen LogP contribution in [0.25, 0.3) is 0 Å². The van der Waals surface area contributed by atoms with Crippen molar-refractivity contribution in [1.29, 1.82) is 0 Å². The van der Waals surface area contributed by atoms with E-state index in [2.05, 4.69) is 0 Å². The van der Waals surface area contributed by atoms with Gasteiger partial charge in [-0.3, -0.25) is 4.79 Å². The van der Waals surface area contributed by atoms with Crippen molar-refractivity contribution in [1.82, 2.24) is 0 Å². The van der Waals surface area contributed by atoms with Crippen LogP contribution in [0, 0.1) is 0 Å². The number of carbonyl (C=O) groups excluding carboxylic acids is 2. The van der Waals surface area contributed by atoms with E-state index in [1.165, 1.54) is 0 Å². The van der Waals surface area contributed by atoms with Crippen LogP contribution < -0.4 is 0 Å². The molecule has 11 heavy (non-hydrogen) atoms. The lowest BCUT2D eigenvalue weighted by atomic mass is 10.4. The van der Waals surface area contributed by atoms with E-state index in [1.807, 2.05) is 0 Å². The Labute approximate surface area is 64.5 Å². The first kappa shape index (κ1) is 8.20. The predicted molar refractivity (Wildman–Crippen MR) is 35.7 cm³/mol. The zero-order chi connectivity index (χ0) is 8.10. The summed E-state index contributed by atoms with van der Waals surface area (Å²) in [6.45, 7) is 0.638. The van der Waals surface area contributed by atoms with Gasteiger partial charge in [0.25, 0.3) is 0 Å². The Balaban J connectivity index is 2.18. The monoisotopic (exact) mass is 158 g/mol. The molecule has 1 aliphatic rings. The van der Waals surface area contributed by atoms with Crippen LogP contribution in [0.2, 0.25) is 0 Å². The second-order valence-corrected chi connectivity index (χ2v) is 2.30. The number of aldehydes is 1. The molecular weight excluding hydrogens is 148 g/mol. The molecule has 0 spiro atoms. The van der Waals surface area contributed by atoms with Crippen molar-refractivity contribution in [2.24, 2.45) is 0 Å². The summed E-state index contributed by atoms with van der Waals surface area (Å²) in [5.74, 6) is -0.507. The van der Waals surface area contributed by atoms with E-state index >= 15 is 0 Å². The van der Waals surface area contributed by atoms with Gasteiger partial charge < -0.3 is 14.3 Å². The largest absolute Gasteiger partial charge is 0.435 e. The number of rotatable bonds is 3. The third-order valence-corrected chi connectivity index (χ3v) is 1.40. The van der Waals surface area contributed by atoms with E-state index in [1.54, 1.807) is 0 Å². The summed E-state index contributed by atoms with van der Waals surface area (Å²) in [5, 5.41) is 0. The molecular formula is C7H10O4. The summed E-state index contributed by atoms with van der Waals surface area (Å²) in [4.78, 5) is 20.5. The van der Waals surface area contributed by atoms with Gasteiger partial charge in [0.05, 0.1) is 6.61 Å². The standard InChI is InChI=1S/C7H10O4/c8-4-3-6(9)11-7-2-1-5-10-7/h4,7H,1-3,5H2. The minimum Gasteiger partial charge on any atom is -0.435 e. The summed E-state index contributed by atoms with van der Waals surface area (Å²) in [6, 6.07) is 0. The molecule has 1 fully saturated rings. The summed E-state index contributed by atoms with van der Waals surface area (Å²) in [7, 11) is 0. The Morgan fingerprint density at radius 3 is 3.09 bits per heavy atom. The van der Waals surface area contributed by atoms with E-state index in [0.29, 0.717) is 12.9 Å². The van der Waals surface area contributed by atoms with Crippen LogP contribution in [0.15, 0.2) is 0 Å². The lowest BCUT2D eigenvalue weighted by Gasteiger charge is -2.08. The van der Waals surface area contributed by atoms with E-state index in [9.17, 15) is 9.59 Å². The Hall–Kier alpha value is -0.900. The van der Waals surface area contributed by atoms with Crippen LogP contribution in [-0.4, -0.2) is 25.2 Å². The molecule has 1 rings (SSSR count). The van der Waals surface area contributed by atoms with Crippen molar-refractivity contribution in [3.05, 3.63) is 0 Å². The molecule has 1 aliphatic heterocycles. The minimum atomic E-state index is -0.507. The van der Waals surface area contributed by atoms with Crippen molar-refractivity contribution in [3.8, 4) is 0 Å². The van der Waals surface area contributed by atoms with Gasteiger partial charge in [-0.25, -0.2) is 0 Å². The molecule has 0 radical (unpaired) electrons. The first-order valence-electron chi connectivity index (χ1n) is 3.57. The van der Waals surface area contributed by atoms with Crippen LogP contribution in [0.3, 0.4) is 0 Å². The molecule has 0 bridgehead atoms. The molecule has 0 aromatic carbocycles. The van der Waals surface area contributed by atoms with E-state index < -0.39 is 12.3 Å². The van der Waals surface area contributed by atoms with Crippen molar-refractivity contribution in [3.63, 3.8) is 0 Å². The molecule has 0 aliphatic carbocycles. The smallest absolute Gasteiger partial charge is 0.315 e. The summed E-state index contributed by atoms with van der Waals surface area (Å²) in [6.07, 6.45) is 1.59. The molecule has 1 atom stereocenters. The van der Waals surface area contributed by atoms with Crippen LogP contribution in [0.5, 0.6) is 0 Å². The topological polar surface area (TPSA) is 52.6 Å². The van der Waals surface area contributed by atoms with Gasteiger partial charge in [0.2, 0.25) is 6.29 Å². The summed E-state index contributed by atoms with van der Waals surface area (Å²) < 4.78 is 9.77. The maximum atomic E-state index is 10.7. The number of carbonyl (C=O) groups is 2. The second kappa shape index (κ2) is 4.08. The summed E-state index contributed by atoms with van der Waals surface area (Å²) in [5.41, 5.74) is 0. The number of ether oxygens (including phenoxy) is 2. The average Bonchev–Trinajstić information content (AvgIpc) is 2.40. The van der Waals surface area contributed by atoms with Crippen molar-refractivity contribution in [2.45, 2.75) is 25.6 Å². The highest BCUT2D eigenvalue weighted by atomic mass is 16.7. The van der Waals surface area contributed by atoms with Gasteiger partial charge in [0.1, 0.15) is 12.7 Å². The molecule has 0 amide bonds. The molecule has 0 N–H and O–H groups in total. The maximum Gasteiger partial charge on any atom is 0.315 e. The van der Waals surface area contributed by atoms with Gasteiger partial charge >= 0.3 is 5.97 Å². The highest BCUT2D eigenvalue weighted by molar-refractivity contribution is 5.83. The molecule has 62 valence electrons. The van der Waals surface area contributed by atoms with Gasteiger partial charge in [0.15, 0.2) is 0 Å². The van der Waals surface area contributed by atoms with Gasteiger partial charge in [-0.1, -0.05) is 0 Å². The fourth-order valence-corrected chi connectivity index (χ4v) is 0.904. The normalized spacial score (nSPS) is 23.1. The Morgan fingerprint density at radius 1 is 1.73 bits per heavy atom. The zero-order valence-corrected chi connectivity index (χ0v) is 6.12. The zero-order valence-electron chi connectivity index (χ0n) is 6.12. The van der Waals surface area contributed by atoms with E-state index in [0.717, 1.165) is 12.8 Å². The van der Waals surface area contributed by atoms with Crippen molar-refractivity contribution in [2.75, 3.05) is 6.61 Å². The molecule has 0 aromatic heterocycles. The molecule has 4 nitrogen and oxygen atoms in total. The SMILES string of the molecule is O=CCC(=O)OC1CCCO1. The number of hydrogen-bond donors (Lipinski definition) is 0. The number of hydrogen-bond acceptors (Lipinski definition) is 4. The Bertz CT molecular complexity index is 149. The van der Waals surface area contributed by atoms with Gasteiger partial charge in [0, 0.05) is 6.42 Å². The van der Waals surface area contributed by atoms with Crippen LogP contribution in [0.1, 0.15) is 19.3 Å². The van der Waals surface area contributed by atoms with E-state index in [-0.39, 0.29) is 6.42 Å². The third kappa shape index (κ3) is 2.67. The Kier molecular flexibility index (Phi) is 3.04. The van der Waals surface area contributed by atoms with E-state index in [4.69, 9.17) is 9.47 Å². The third-order valence-electron chi connectivity index (χ3n) is 1.40. The molecule has 0 aromatic rings. The minimum absolute atomic E-state index is 0.181. The molecule has 1 unspecified atom stereocenters.